The molecule has 0 saturated carbocycles. The number of rotatable bonds is 2. The molecule has 2 aromatic heterocycles. The van der Waals surface area contributed by atoms with Crippen LogP contribution >= 0.6 is 12.4 Å². The first kappa shape index (κ1) is 13.2. The number of nitrogens with zero attached hydrogens (tertiary/aromatic N) is 2. The highest BCUT2D eigenvalue weighted by Crippen LogP contribution is 2.43. The van der Waals surface area contributed by atoms with E-state index in [4.69, 9.17) is 10.2 Å². The van der Waals surface area contributed by atoms with Crippen LogP contribution < -0.4 is 5.73 Å². The summed E-state index contributed by atoms with van der Waals surface area (Å²) < 4.78 is 7.57. The molecule has 2 N–H and O–H groups in total. The lowest BCUT2D eigenvalue weighted by atomic mass is 9.75. The van der Waals surface area contributed by atoms with Gasteiger partial charge in [0.25, 0.3) is 0 Å². The molecule has 0 atom stereocenters. The van der Waals surface area contributed by atoms with E-state index in [0.29, 0.717) is 6.54 Å². The molecular weight excluding hydrogens is 250 g/mol. The molecule has 1 aliphatic carbocycles. The average molecular weight is 268 g/mol. The highest BCUT2D eigenvalue weighted by Gasteiger charge is 2.35. The van der Waals surface area contributed by atoms with Crippen LogP contribution in [-0.2, 0) is 18.4 Å². The summed E-state index contributed by atoms with van der Waals surface area (Å²) in [5.41, 5.74) is 9.35. The first-order valence-corrected chi connectivity index (χ1v) is 5.96. The van der Waals surface area contributed by atoms with Crippen molar-refractivity contribution in [2.24, 2.45) is 5.73 Å². The van der Waals surface area contributed by atoms with Crippen molar-refractivity contribution in [3.63, 3.8) is 0 Å². The fraction of sp³-hybridized carbons (Fsp3) is 0.462. The van der Waals surface area contributed by atoms with Gasteiger partial charge in [-0.25, -0.2) is 0 Å². The maximum Gasteiger partial charge on any atom is 0.114 e. The van der Waals surface area contributed by atoms with Gasteiger partial charge in [-0.05, 0) is 6.07 Å². The van der Waals surface area contributed by atoms with Crippen LogP contribution in [0.1, 0.15) is 25.2 Å². The number of hydrogen-bond donors (Lipinski definition) is 1. The Bertz CT molecular complexity index is 556. The molecule has 0 saturated heterocycles. The lowest BCUT2D eigenvalue weighted by Gasteiger charge is -2.29. The van der Waals surface area contributed by atoms with E-state index in [1.165, 1.54) is 16.8 Å². The Kier molecular flexibility index (Phi) is 3.25. The first-order valence-electron chi connectivity index (χ1n) is 5.96. The predicted molar refractivity (Wildman–Crippen MR) is 73.0 cm³/mol. The minimum absolute atomic E-state index is 0. The molecule has 0 aromatic carbocycles. The van der Waals surface area contributed by atoms with Gasteiger partial charge in [-0.2, -0.15) is 5.10 Å². The van der Waals surface area contributed by atoms with Crippen molar-refractivity contribution in [2.75, 3.05) is 6.54 Å². The summed E-state index contributed by atoms with van der Waals surface area (Å²) >= 11 is 0. The summed E-state index contributed by atoms with van der Waals surface area (Å²) in [6.45, 7) is 5.80. The zero-order chi connectivity index (χ0) is 12.0. The van der Waals surface area contributed by atoms with E-state index in [-0.39, 0.29) is 17.8 Å². The molecule has 0 unspecified atom stereocenters. The summed E-state index contributed by atoms with van der Waals surface area (Å²) in [6, 6.07) is 2.03. The molecule has 0 fully saturated rings. The van der Waals surface area contributed by atoms with Crippen molar-refractivity contribution in [1.82, 2.24) is 9.78 Å². The molecular formula is C13H18ClN3O. The Morgan fingerprint density at radius 3 is 3.00 bits per heavy atom. The van der Waals surface area contributed by atoms with Crippen molar-refractivity contribution in [3.05, 3.63) is 29.9 Å². The number of aromatic nitrogens is 2. The summed E-state index contributed by atoms with van der Waals surface area (Å²) in [7, 11) is 0. The fourth-order valence-electron chi connectivity index (χ4n) is 2.64. The van der Waals surface area contributed by atoms with Crippen LogP contribution in [0.25, 0.3) is 11.3 Å². The summed E-state index contributed by atoms with van der Waals surface area (Å²) in [5.74, 6) is 1.06. The van der Waals surface area contributed by atoms with E-state index >= 15 is 0 Å². The Balaban J connectivity index is 0.00000120. The second-order valence-corrected chi connectivity index (χ2v) is 5.24. The third-order valence-corrected chi connectivity index (χ3v) is 3.51. The monoisotopic (exact) mass is 267 g/mol. The second-order valence-electron chi connectivity index (χ2n) is 5.24. The molecule has 2 heterocycles. The minimum atomic E-state index is 0. The number of nitrogens with two attached hydrogens (primary N) is 1. The highest BCUT2D eigenvalue weighted by atomic mass is 35.5. The number of furan rings is 1. The van der Waals surface area contributed by atoms with Crippen LogP contribution in [0.2, 0.25) is 0 Å². The van der Waals surface area contributed by atoms with E-state index in [2.05, 4.69) is 18.9 Å². The van der Waals surface area contributed by atoms with E-state index in [9.17, 15) is 0 Å². The maximum absolute atomic E-state index is 5.63. The van der Waals surface area contributed by atoms with Crippen LogP contribution in [0.3, 0.4) is 0 Å². The smallest absolute Gasteiger partial charge is 0.114 e. The SMILES string of the molecule is CC1(C)Cc2occc2-c2c1cnn2CCN.Cl. The van der Waals surface area contributed by atoms with Gasteiger partial charge in [-0.1, -0.05) is 13.8 Å². The van der Waals surface area contributed by atoms with Gasteiger partial charge in [0.1, 0.15) is 5.76 Å². The molecule has 4 nitrogen and oxygen atoms in total. The molecule has 98 valence electrons. The van der Waals surface area contributed by atoms with Crippen molar-refractivity contribution in [2.45, 2.75) is 32.2 Å². The van der Waals surface area contributed by atoms with Crippen molar-refractivity contribution in [1.29, 1.82) is 0 Å². The zero-order valence-corrected chi connectivity index (χ0v) is 11.5. The van der Waals surface area contributed by atoms with E-state index < -0.39 is 0 Å². The lowest BCUT2D eigenvalue weighted by molar-refractivity contribution is 0.425. The van der Waals surface area contributed by atoms with Crippen molar-refractivity contribution in [3.8, 4) is 11.3 Å². The van der Waals surface area contributed by atoms with E-state index in [1.54, 1.807) is 6.26 Å². The summed E-state index contributed by atoms with van der Waals surface area (Å²) in [5, 5.41) is 4.46. The topological polar surface area (TPSA) is 57.0 Å². The molecule has 1 aliphatic rings. The Labute approximate surface area is 113 Å². The molecule has 0 aliphatic heterocycles. The molecule has 3 rings (SSSR count). The molecule has 0 amide bonds. The van der Waals surface area contributed by atoms with Gasteiger partial charge in [0, 0.05) is 29.5 Å². The number of hydrogen-bond acceptors (Lipinski definition) is 3. The maximum atomic E-state index is 5.63. The summed E-state index contributed by atoms with van der Waals surface area (Å²) in [6.07, 6.45) is 4.66. The van der Waals surface area contributed by atoms with Crippen LogP contribution in [0.15, 0.2) is 22.9 Å². The molecule has 0 bridgehead atoms. The van der Waals surface area contributed by atoms with Gasteiger partial charge in [-0.15, -0.1) is 12.4 Å². The van der Waals surface area contributed by atoms with Gasteiger partial charge in [-0.3, -0.25) is 4.68 Å². The van der Waals surface area contributed by atoms with Crippen LogP contribution in [0.4, 0.5) is 0 Å². The van der Waals surface area contributed by atoms with Crippen molar-refractivity contribution < 1.29 is 4.42 Å². The molecule has 2 aromatic rings. The summed E-state index contributed by atoms with van der Waals surface area (Å²) in [4.78, 5) is 0. The average Bonchev–Trinajstić information content (AvgIpc) is 2.84. The van der Waals surface area contributed by atoms with Crippen LogP contribution in [0, 0.1) is 0 Å². The number of fused-ring (bicyclic) bond motifs is 3. The van der Waals surface area contributed by atoms with Crippen molar-refractivity contribution >= 4 is 12.4 Å². The van der Waals surface area contributed by atoms with Gasteiger partial charge < -0.3 is 10.2 Å². The molecule has 0 radical (unpaired) electrons. The molecule has 5 heteroatoms. The third kappa shape index (κ3) is 1.76. The number of halogens is 1. The quantitative estimate of drug-likeness (QED) is 0.909. The van der Waals surface area contributed by atoms with Crippen LogP contribution in [-0.4, -0.2) is 16.3 Å². The normalized spacial score (nSPS) is 15.7. The van der Waals surface area contributed by atoms with Gasteiger partial charge in [0.05, 0.1) is 24.7 Å². The minimum Gasteiger partial charge on any atom is -0.469 e. The van der Waals surface area contributed by atoms with E-state index in [0.717, 1.165) is 18.7 Å². The van der Waals surface area contributed by atoms with Crippen LogP contribution in [0.5, 0.6) is 0 Å². The van der Waals surface area contributed by atoms with Gasteiger partial charge >= 0.3 is 0 Å². The second kappa shape index (κ2) is 4.44. The van der Waals surface area contributed by atoms with E-state index in [1.807, 2.05) is 16.9 Å². The Morgan fingerprint density at radius 2 is 2.28 bits per heavy atom. The van der Waals surface area contributed by atoms with Gasteiger partial charge in [0.15, 0.2) is 0 Å². The first-order chi connectivity index (χ1) is 8.13. The van der Waals surface area contributed by atoms with Gasteiger partial charge in [0.2, 0.25) is 0 Å². The molecule has 18 heavy (non-hydrogen) atoms. The Morgan fingerprint density at radius 1 is 1.50 bits per heavy atom. The predicted octanol–water partition coefficient (Wildman–Crippen LogP) is 2.36. The third-order valence-electron chi connectivity index (χ3n) is 3.51. The molecule has 0 spiro atoms. The standard InChI is InChI=1S/C13H17N3O.ClH/c1-13(2)7-11-9(3-6-17-11)12-10(13)8-15-16(12)5-4-14;/h3,6,8H,4-5,7,14H2,1-2H3;1H. The highest BCUT2D eigenvalue weighted by molar-refractivity contribution is 5.85. The fourth-order valence-corrected chi connectivity index (χ4v) is 2.64. The Hall–Kier alpha value is -1.26. The lowest BCUT2D eigenvalue weighted by Crippen LogP contribution is -2.25. The largest absolute Gasteiger partial charge is 0.469 e. The zero-order valence-electron chi connectivity index (χ0n) is 10.6.